The lowest BCUT2D eigenvalue weighted by molar-refractivity contribution is 0.144. The van der Waals surface area contributed by atoms with Crippen LogP contribution in [0.1, 0.15) is 36.0 Å². The van der Waals surface area contributed by atoms with Gasteiger partial charge in [-0.1, -0.05) is 35.3 Å². The molecule has 0 aliphatic heterocycles. The normalized spacial score (nSPS) is 17.3. The van der Waals surface area contributed by atoms with Crippen molar-refractivity contribution < 1.29 is 23.0 Å². The summed E-state index contributed by atoms with van der Waals surface area (Å²) in [4.78, 5) is 16.3. The Balaban J connectivity index is 1.54. The Morgan fingerprint density at radius 3 is 2.76 bits per heavy atom. The fraction of sp³-hybridized carbons (Fsp3) is 0.333. The summed E-state index contributed by atoms with van der Waals surface area (Å²) in [7, 11) is 0. The van der Waals surface area contributed by atoms with Crippen LogP contribution in [-0.2, 0) is 28.8 Å². The number of halogens is 2. The SMILES string of the molecule is CCOC(=O)NC1CCc2ccc(OCCN(c3cccnc3)S(=O)O)cc2C1Cc1ccc(Cl)c(Cl)c1. The topological polar surface area (TPSA) is 101 Å². The molecule has 8 nitrogen and oxygen atoms in total. The first kappa shape index (κ1) is 28.2. The number of aromatic nitrogens is 1. The molecule has 0 radical (unpaired) electrons. The fourth-order valence-corrected chi connectivity index (χ4v) is 5.52. The van der Waals surface area contributed by atoms with Gasteiger partial charge in [0.15, 0.2) is 0 Å². The van der Waals surface area contributed by atoms with Crippen LogP contribution in [0.4, 0.5) is 10.5 Å². The maximum absolute atomic E-state index is 12.3. The zero-order valence-electron chi connectivity index (χ0n) is 20.8. The van der Waals surface area contributed by atoms with Gasteiger partial charge in [0.25, 0.3) is 11.3 Å². The summed E-state index contributed by atoms with van der Waals surface area (Å²) >= 11 is 10.2. The second-order valence-electron chi connectivity index (χ2n) is 8.82. The molecular formula is C27H29Cl2N3O5S. The Hall–Kier alpha value is -2.85. The first-order valence-corrected chi connectivity index (χ1v) is 14.1. The monoisotopic (exact) mass is 577 g/mol. The average Bonchev–Trinajstić information content (AvgIpc) is 2.90. The van der Waals surface area contributed by atoms with Crippen LogP contribution in [0.25, 0.3) is 0 Å². The smallest absolute Gasteiger partial charge is 0.407 e. The lowest BCUT2D eigenvalue weighted by Gasteiger charge is -2.34. The van der Waals surface area contributed by atoms with Crippen molar-refractivity contribution in [2.24, 2.45) is 0 Å². The molecule has 2 N–H and O–H groups in total. The zero-order valence-corrected chi connectivity index (χ0v) is 23.1. The van der Waals surface area contributed by atoms with Crippen LogP contribution < -0.4 is 14.4 Å². The number of ether oxygens (including phenoxy) is 2. The highest BCUT2D eigenvalue weighted by Gasteiger charge is 2.32. The number of nitrogens with one attached hydrogen (secondary N) is 1. The largest absolute Gasteiger partial charge is 0.492 e. The van der Waals surface area contributed by atoms with Crippen LogP contribution in [0.5, 0.6) is 5.75 Å². The number of fused-ring (bicyclic) bond motifs is 1. The summed E-state index contributed by atoms with van der Waals surface area (Å²) in [5.41, 5.74) is 3.77. The molecule has 1 amide bonds. The molecule has 0 spiro atoms. The number of carbonyl (C=O) groups is 1. The molecule has 3 unspecified atom stereocenters. The van der Waals surface area contributed by atoms with Gasteiger partial charge in [0.05, 0.1) is 35.1 Å². The Morgan fingerprint density at radius 2 is 2.05 bits per heavy atom. The highest BCUT2D eigenvalue weighted by Crippen LogP contribution is 2.37. The number of aryl methyl sites for hydroxylation is 1. The number of pyridine rings is 1. The lowest BCUT2D eigenvalue weighted by Crippen LogP contribution is -2.43. The summed E-state index contributed by atoms with van der Waals surface area (Å²) < 4.78 is 34.0. The average molecular weight is 579 g/mol. The number of amides is 1. The number of benzene rings is 2. The Labute approximate surface area is 234 Å². The number of alkyl carbamates (subject to hydrolysis) is 1. The van der Waals surface area contributed by atoms with Crippen molar-refractivity contribution in [3.63, 3.8) is 0 Å². The van der Waals surface area contributed by atoms with Crippen LogP contribution >= 0.6 is 23.2 Å². The van der Waals surface area contributed by atoms with Crippen molar-refractivity contribution in [3.8, 4) is 5.75 Å². The third-order valence-corrected chi connectivity index (χ3v) is 7.94. The molecule has 3 aromatic rings. The first-order valence-electron chi connectivity index (χ1n) is 12.3. The minimum Gasteiger partial charge on any atom is -0.492 e. The molecule has 0 bridgehead atoms. The van der Waals surface area contributed by atoms with Gasteiger partial charge >= 0.3 is 6.09 Å². The molecule has 1 heterocycles. The molecule has 1 aromatic heterocycles. The number of rotatable bonds is 10. The highest BCUT2D eigenvalue weighted by atomic mass is 35.5. The van der Waals surface area contributed by atoms with E-state index < -0.39 is 17.4 Å². The standard InChI is InChI=1S/C27H29Cl2N3O5S/c1-2-36-27(33)31-26-10-7-19-6-8-21(37-13-12-32(38(34)35)20-4-3-11-30-17-20)16-22(19)23(26)14-18-5-9-24(28)25(29)15-18/h3-6,8-9,11,15-17,23,26H,2,7,10,12-14H2,1H3,(H,31,33)(H,34,35). The van der Waals surface area contributed by atoms with Crippen LogP contribution in [0, 0.1) is 0 Å². The van der Waals surface area contributed by atoms with E-state index in [2.05, 4.69) is 10.3 Å². The van der Waals surface area contributed by atoms with Gasteiger partial charge in [-0.15, -0.1) is 0 Å². The van der Waals surface area contributed by atoms with Crippen molar-refractivity contribution in [1.29, 1.82) is 0 Å². The summed E-state index contributed by atoms with van der Waals surface area (Å²) in [6.45, 7) is 2.43. The first-order chi connectivity index (χ1) is 18.4. The van der Waals surface area contributed by atoms with Crippen LogP contribution in [0.3, 0.4) is 0 Å². The van der Waals surface area contributed by atoms with Crippen LogP contribution in [-0.4, -0.2) is 45.6 Å². The van der Waals surface area contributed by atoms with E-state index in [1.807, 2.05) is 30.3 Å². The molecule has 11 heteroatoms. The Bertz CT molecular complexity index is 1280. The number of hydrogen-bond acceptors (Lipinski definition) is 5. The number of hydrogen-bond donors (Lipinski definition) is 2. The minimum absolute atomic E-state index is 0.0548. The van der Waals surface area contributed by atoms with E-state index >= 15 is 0 Å². The Morgan fingerprint density at radius 1 is 1.21 bits per heavy atom. The second kappa shape index (κ2) is 13.3. The minimum atomic E-state index is -2.22. The number of anilines is 1. The summed E-state index contributed by atoms with van der Waals surface area (Å²) in [5.74, 6) is 0.579. The summed E-state index contributed by atoms with van der Waals surface area (Å²) in [6, 6.07) is 14.8. The summed E-state index contributed by atoms with van der Waals surface area (Å²) in [5, 5.41) is 3.99. The van der Waals surface area contributed by atoms with Gasteiger partial charge in [-0.2, -0.15) is 0 Å². The maximum atomic E-state index is 12.3. The van der Waals surface area contributed by atoms with E-state index in [0.29, 0.717) is 34.5 Å². The van der Waals surface area contributed by atoms with E-state index in [0.717, 1.165) is 24.0 Å². The molecule has 38 heavy (non-hydrogen) atoms. The fourth-order valence-electron chi connectivity index (χ4n) is 4.68. The highest BCUT2D eigenvalue weighted by molar-refractivity contribution is 7.80. The predicted octanol–water partition coefficient (Wildman–Crippen LogP) is 5.80. The second-order valence-corrected chi connectivity index (χ2v) is 10.5. The van der Waals surface area contributed by atoms with E-state index in [4.69, 9.17) is 32.7 Å². The molecule has 3 atom stereocenters. The molecule has 1 aliphatic carbocycles. The molecule has 0 fully saturated rings. The third kappa shape index (κ3) is 7.17. The quantitative estimate of drug-likeness (QED) is 0.295. The van der Waals surface area contributed by atoms with Gasteiger partial charge in [0, 0.05) is 18.2 Å². The summed E-state index contributed by atoms with van der Waals surface area (Å²) in [6.07, 6.45) is 4.87. The van der Waals surface area contributed by atoms with E-state index in [1.54, 1.807) is 31.3 Å². The van der Waals surface area contributed by atoms with Gasteiger partial charge in [0.2, 0.25) is 0 Å². The van der Waals surface area contributed by atoms with E-state index in [1.165, 1.54) is 16.1 Å². The van der Waals surface area contributed by atoms with E-state index in [-0.39, 0.29) is 25.1 Å². The van der Waals surface area contributed by atoms with Gasteiger partial charge in [-0.3, -0.25) is 13.8 Å². The molecule has 0 saturated heterocycles. The molecule has 2 aromatic carbocycles. The van der Waals surface area contributed by atoms with Gasteiger partial charge in [-0.25, -0.2) is 9.00 Å². The number of carbonyl (C=O) groups excluding carboxylic acids is 1. The molecule has 0 saturated carbocycles. The maximum Gasteiger partial charge on any atom is 0.407 e. The zero-order chi connectivity index (χ0) is 27.1. The van der Waals surface area contributed by atoms with E-state index in [9.17, 15) is 13.6 Å². The predicted molar refractivity (Wildman–Crippen MR) is 149 cm³/mol. The third-order valence-electron chi connectivity index (χ3n) is 6.43. The van der Waals surface area contributed by atoms with Gasteiger partial charge < -0.3 is 14.8 Å². The molecule has 1 aliphatic rings. The molecule has 4 rings (SSSR count). The van der Waals surface area contributed by atoms with Crippen molar-refractivity contribution in [2.45, 2.75) is 38.1 Å². The molecule has 202 valence electrons. The van der Waals surface area contributed by atoms with Gasteiger partial charge in [0.1, 0.15) is 12.4 Å². The lowest BCUT2D eigenvalue weighted by atomic mass is 9.76. The Kier molecular flexibility index (Phi) is 9.85. The number of nitrogens with zero attached hydrogens (tertiary/aromatic N) is 2. The van der Waals surface area contributed by atoms with Crippen molar-refractivity contribution in [3.05, 3.63) is 87.7 Å². The molecular weight excluding hydrogens is 549 g/mol. The van der Waals surface area contributed by atoms with Crippen LogP contribution in [0.2, 0.25) is 10.0 Å². The van der Waals surface area contributed by atoms with Crippen molar-refractivity contribution in [2.75, 3.05) is 24.1 Å². The van der Waals surface area contributed by atoms with Crippen molar-refractivity contribution in [1.82, 2.24) is 10.3 Å². The van der Waals surface area contributed by atoms with Crippen LogP contribution in [0.15, 0.2) is 60.9 Å². The van der Waals surface area contributed by atoms with Gasteiger partial charge in [-0.05, 0) is 79.3 Å². The van der Waals surface area contributed by atoms with Crippen molar-refractivity contribution >= 4 is 46.2 Å².